The number of carbonyl (C=O) groups is 1. The molecule has 6 heteroatoms. The van der Waals surface area contributed by atoms with Gasteiger partial charge in [0.25, 0.3) is 0 Å². The van der Waals surface area contributed by atoms with E-state index in [0.717, 1.165) is 48.5 Å². The fraction of sp³-hybridized carbons (Fsp3) is 0.400. The average molecular weight is 311 g/mol. The molecule has 0 spiro atoms. The summed E-state index contributed by atoms with van der Waals surface area (Å²) in [6.07, 6.45) is 2.06. The number of rotatable bonds is 3. The minimum atomic E-state index is 0. The molecule has 0 unspecified atom stereocenters. The minimum Gasteiger partial charge on any atom is -0.497 e. The molecule has 0 aliphatic carbocycles. The molecule has 21 heavy (non-hydrogen) atoms. The van der Waals surface area contributed by atoms with Gasteiger partial charge < -0.3 is 19.4 Å². The third kappa shape index (κ3) is 3.31. The van der Waals surface area contributed by atoms with Gasteiger partial charge in [0, 0.05) is 43.2 Å². The molecule has 1 aromatic carbocycles. The van der Waals surface area contributed by atoms with Crippen molar-refractivity contribution < 1.29 is 13.9 Å². The molecule has 2 aromatic rings. The molecule has 0 bridgehead atoms. The van der Waals surface area contributed by atoms with E-state index >= 15 is 0 Å². The summed E-state index contributed by atoms with van der Waals surface area (Å²) in [5.74, 6) is 0.914. The number of nitrogens with one attached hydrogen (secondary N) is 1. The summed E-state index contributed by atoms with van der Waals surface area (Å²) in [6.45, 7) is 3.30. The van der Waals surface area contributed by atoms with E-state index in [2.05, 4.69) is 5.32 Å². The molecule has 0 atom stereocenters. The highest BCUT2D eigenvalue weighted by atomic mass is 35.5. The molecule has 1 N–H and O–H groups in total. The Kier molecular flexibility index (Phi) is 5.09. The molecule has 0 saturated carbocycles. The Labute approximate surface area is 129 Å². The summed E-state index contributed by atoms with van der Waals surface area (Å²) in [5.41, 5.74) is 1.69. The van der Waals surface area contributed by atoms with Gasteiger partial charge in [0.1, 0.15) is 11.3 Å². The van der Waals surface area contributed by atoms with Gasteiger partial charge in [-0.1, -0.05) is 0 Å². The number of piperazine rings is 1. The molecule has 3 rings (SSSR count). The summed E-state index contributed by atoms with van der Waals surface area (Å²) in [6, 6.07) is 5.67. The zero-order valence-corrected chi connectivity index (χ0v) is 12.7. The van der Waals surface area contributed by atoms with Crippen molar-refractivity contribution >= 4 is 29.3 Å². The molecular formula is C15H19ClN2O3. The number of hydrogen-bond donors (Lipinski definition) is 1. The molecule has 1 aliphatic rings. The SMILES string of the molecule is COc1ccc2c(CC(=O)N3CCNCC3)coc2c1.Cl. The number of nitrogens with zero attached hydrogens (tertiary/aromatic N) is 1. The second-order valence-electron chi connectivity index (χ2n) is 4.93. The molecule has 5 nitrogen and oxygen atoms in total. The zero-order valence-electron chi connectivity index (χ0n) is 11.9. The van der Waals surface area contributed by atoms with Crippen LogP contribution in [0.25, 0.3) is 11.0 Å². The maximum absolute atomic E-state index is 12.3. The van der Waals surface area contributed by atoms with Crippen LogP contribution in [0.1, 0.15) is 5.56 Å². The Bertz CT molecular complexity index is 620. The van der Waals surface area contributed by atoms with E-state index in [4.69, 9.17) is 9.15 Å². The molecule has 1 aromatic heterocycles. The van der Waals surface area contributed by atoms with E-state index in [9.17, 15) is 4.79 Å². The van der Waals surface area contributed by atoms with Gasteiger partial charge in [-0.15, -0.1) is 12.4 Å². The number of ether oxygens (including phenoxy) is 1. The minimum absolute atomic E-state index is 0. The van der Waals surface area contributed by atoms with Gasteiger partial charge >= 0.3 is 0 Å². The number of methoxy groups -OCH3 is 1. The summed E-state index contributed by atoms with van der Waals surface area (Å²) in [5, 5.41) is 4.23. The predicted octanol–water partition coefficient (Wildman–Crippen LogP) is 1.84. The first-order chi connectivity index (χ1) is 9.78. The normalized spacial score (nSPS) is 14.8. The van der Waals surface area contributed by atoms with Crippen LogP contribution < -0.4 is 10.1 Å². The molecule has 1 amide bonds. The van der Waals surface area contributed by atoms with Crippen LogP contribution in [0.15, 0.2) is 28.9 Å². The fourth-order valence-electron chi connectivity index (χ4n) is 2.52. The number of furan rings is 1. The predicted molar refractivity (Wildman–Crippen MR) is 83.2 cm³/mol. The lowest BCUT2D eigenvalue weighted by Gasteiger charge is -2.27. The second kappa shape index (κ2) is 6.83. The maximum atomic E-state index is 12.3. The van der Waals surface area contributed by atoms with Crippen LogP contribution in [0.4, 0.5) is 0 Å². The average Bonchev–Trinajstić information content (AvgIpc) is 2.90. The van der Waals surface area contributed by atoms with E-state index in [1.165, 1.54) is 0 Å². The second-order valence-corrected chi connectivity index (χ2v) is 4.93. The van der Waals surface area contributed by atoms with Gasteiger partial charge in [-0.05, 0) is 12.1 Å². The van der Waals surface area contributed by atoms with Gasteiger partial charge in [-0.25, -0.2) is 0 Å². The third-order valence-electron chi connectivity index (χ3n) is 3.67. The standard InChI is InChI=1S/C15H18N2O3.ClH/c1-19-12-2-3-13-11(10-20-14(13)9-12)8-15(18)17-6-4-16-5-7-17;/h2-3,9-10,16H,4-8H2,1H3;1H. The van der Waals surface area contributed by atoms with Gasteiger partial charge in [0.15, 0.2) is 0 Å². The number of amides is 1. The lowest BCUT2D eigenvalue weighted by Crippen LogP contribution is -2.46. The number of hydrogen-bond acceptors (Lipinski definition) is 4. The summed E-state index contributed by atoms with van der Waals surface area (Å²) in [7, 11) is 1.62. The molecular weight excluding hydrogens is 292 g/mol. The van der Waals surface area contributed by atoms with Crippen molar-refractivity contribution in [2.75, 3.05) is 33.3 Å². The topological polar surface area (TPSA) is 54.7 Å². The first-order valence-electron chi connectivity index (χ1n) is 6.80. The highest BCUT2D eigenvalue weighted by molar-refractivity contribution is 5.88. The maximum Gasteiger partial charge on any atom is 0.227 e. The summed E-state index contributed by atoms with van der Waals surface area (Å²) in [4.78, 5) is 14.2. The van der Waals surface area contributed by atoms with E-state index in [-0.39, 0.29) is 18.3 Å². The Morgan fingerprint density at radius 3 is 2.86 bits per heavy atom. The zero-order chi connectivity index (χ0) is 13.9. The van der Waals surface area contributed by atoms with Gasteiger partial charge in [0.2, 0.25) is 5.91 Å². The number of carbonyl (C=O) groups excluding carboxylic acids is 1. The van der Waals surface area contributed by atoms with Crippen LogP contribution in [0.5, 0.6) is 5.75 Å². The van der Waals surface area contributed by atoms with Crippen molar-refractivity contribution in [2.45, 2.75) is 6.42 Å². The van der Waals surface area contributed by atoms with Crippen molar-refractivity contribution in [3.05, 3.63) is 30.0 Å². The fourth-order valence-corrected chi connectivity index (χ4v) is 2.52. The smallest absolute Gasteiger partial charge is 0.227 e. The van der Waals surface area contributed by atoms with E-state index in [1.54, 1.807) is 13.4 Å². The van der Waals surface area contributed by atoms with Crippen LogP contribution in [0.3, 0.4) is 0 Å². The summed E-state index contributed by atoms with van der Waals surface area (Å²) < 4.78 is 10.7. The molecule has 114 valence electrons. The van der Waals surface area contributed by atoms with Crippen LogP contribution >= 0.6 is 12.4 Å². The first kappa shape index (κ1) is 15.7. The monoisotopic (exact) mass is 310 g/mol. The van der Waals surface area contributed by atoms with Crippen LogP contribution in [0, 0.1) is 0 Å². The molecule has 1 aliphatic heterocycles. The molecule has 1 fully saturated rings. The third-order valence-corrected chi connectivity index (χ3v) is 3.67. The Morgan fingerprint density at radius 1 is 1.38 bits per heavy atom. The summed E-state index contributed by atoms with van der Waals surface area (Å²) >= 11 is 0. The van der Waals surface area contributed by atoms with Crippen LogP contribution in [0.2, 0.25) is 0 Å². The van der Waals surface area contributed by atoms with Gasteiger partial charge in [0.05, 0.1) is 19.8 Å². The number of halogens is 1. The van der Waals surface area contributed by atoms with E-state index in [1.807, 2.05) is 23.1 Å². The van der Waals surface area contributed by atoms with E-state index < -0.39 is 0 Å². The lowest BCUT2D eigenvalue weighted by molar-refractivity contribution is -0.131. The molecule has 0 radical (unpaired) electrons. The van der Waals surface area contributed by atoms with Crippen LogP contribution in [-0.4, -0.2) is 44.1 Å². The van der Waals surface area contributed by atoms with Crippen LogP contribution in [-0.2, 0) is 11.2 Å². The van der Waals surface area contributed by atoms with Crippen molar-refractivity contribution in [1.29, 1.82) is 0 Å². The lowest BCUT2D eigenvalue weighted by atomic mass is 10.1. The van der Waals surface area contributed by atoms with Gasteiger partial charge in [-0.3, -0.25) is 4.79 Å². The highest BCUT2D eigenvalue weighted by Crippen LogP contribution is 2.26. The number of fused-ring (bicyclic) bond motifs is 1. The largest absolute Gasteiger partial charge is 0.497 e. The molecule has 2 heterocycles. The van der Waals surface area contributed by atoms with Crippen molar-refractivity contribution in [3.8, 4) is 5.75 Å². The van der Waals surface area contributed by atoms with E-state index in [0.29, 0.717) is 6.42 Å². The quantitative estimate of drug-likeness (QED) is 0.940. The Hall–Kier alpha value is -1.72. The number of benzene rings is 1. The van der Waals surface area contributed by atoms with Crippen molar-refractivity contribution in [2.24, 2.45) is 0 Å². The first-order valence-corrected chi connectivity index (χ1v) is 6.80. The van der Waals surface area contributed by atoms with Gasteiger partial charge in [-0.2, -0.15) is 0 Å². The Balaban J connectivity index is 0.00000161. The molecule has 1 saturated heterocycles. The van der Waals surface area contributed by atoms with Crippen molar-refractivity contribution in [1.82, 2.24) is 10.2 Å². The Morgan fingerprint density at radius 2 is 2.14 bits per heavy atom. The highest BCUT2D eigenvalue weighted by Gasteiger charge is 2.18. The van der Waals surface area contributed by atoms with Crippen molar-refractivity contribution in [3.63, 3.8) is 0 Å².